The van der Waals surface area contributed by atoms with Crippen LogP contribution in [0.1, 0.15) is 0 Å². The zero-order valence-electron chi connectivity index (χ0n) is 15.0. The number of sulfonamides is 1. The fourth-order valence-electron chi connectivity index (χ4n) is 1.93. The summed E-state index contributed by atoms with van der Waals surface area (Å²) >= 11 is 0. The Kier molecular flexibility index (Phi) is 7.80. The number of alkyl halides is 17. The average Bonchev–Trinajstić information content (AvgIpc) is 2.57. The first-order valence-corrected chi connectivity index (χ1v) is 8.70. The van der Waals surface area contributed by atoms with Gasteiger partial charge in [0.2, 0.25) is 0 Å². The molecule has 0 atom stereocenters. The third kappa shape index (κ3) is 3.97. The minimum absolute atomic E-state index is 0.180. The molecule has 0 radical (unpaired) electrons. The number of nitrogens with zero attached hydrogens (tertiary/aromatic N) is 1. The van der Waals surface area contributed by atoms with Crippen LogP contribution in [0, 0.1) is 0 Å². The standard InChI is InChI=1S/C11H8F17NO3S/c1-29(2-3-30)33(31,32)11(27,28)8(19,20)7(17,18)6(15,16)5(13,14)4(12,9(21,22)23)10(24,25)26/h30H,2-3H2,1H3. The van der Waals surface area contributed by atoms with Crippen molar-refractivity contribution >= 4 is 10.0 Å². The monoisotopic (exact) mass is 557 g/mol. The van der Waals surface area contributed by atoms with Crippen LogP contribution < -0.4 is 0 Å². The third-order valence-electron chi connectivity index (χ3n) is 3.91. The molecule has 0 bridgehead atoms. The van der Waals surface area contributed by atoms with Crippen LogP contribution in [0.25, 0.3) is 0 Å². The summed E-state index contributed by atoms with van der Waals surface area (Å²) < 4.78 is 244. The van der Waals surface area contributed by atoms with Crippen LogP contribution in [0.5, 0.6) is 0 Å². The number of aliphatic hydroxyl groups excluding tert-OH is 1. The summed E-state index contributed by atoms with van der Waals surface area (Å²) in [7, 11) is -7.53. The van der Waals surface area contributed by atoms with Crippen molar-refractivity contribution in [1.29, 1.82) is 0 Å². The molecule has 0 unspecified atom stereocenters. The van der Waals surface area contributed by atoms with E-state index < -0.39 is 74.4 Å². The number of halogens is 17. The summed E-state index contributed by atoms with van der Waals surface area (Å²) in [5.74, 6) is -35.1. The van der Waals surface area contributed by atoms with Gasteiger partial charge >= 0.3 is 47.0 Å². The smallest absolute Gasteiger partial charge is 0.395 e. The second-order valence-corrected chi connectivity index (χ2v) is 8.10. The Hall–Kier alpha value is -1.32. The molecule has 0 amide bonds. The number of rotatable bonds is 9. The molecule has 33 heavy (non-hydrogen) atoms. The van der Waals surface area contributed by atoms with E-state index in [4.69, 9.17) is 5.11 Å². The van der Waals surface area contributed by atoms with E-state index in [9.17, 15) is 83.1 Å². The Morgan fingerprint density at radius 3 is 1.18 bits per heavy atom. The van der Waals surface area contributed by atoms with Gasteiger partial charge in [-0.25, -0.2) is 12.8 Å². The molecule has 1 N–H and O–H groups in total. The maximum absolute atomic E-state index is 13.7. The first kappa shape index (κ1) is 31.7. The van der Waals surface area contributed by atoms with Gasteiger partial charge in [0.1, 0.15) is 0 Å². The molecule has 0 aliphatic carbocycles. The normalized spacial score (nSPS) is 16.5. The van der Waals surface area contributed by atoms with Gasteiger partial charge in [-0.3, -0.25) is 0 Å². The van der Waals surface area contributed by atoms with Gasteiger partial charge in [-0.2, -0.15) is 74.6 Å². The van der Waals surface area contributed by atoms with E-state index in [1.165, 1.54) is 0 Å². The van der Waals surface area contributed by atoms with E-state index in [2.05, 4.69) is 0 Å². The zero-order chi connectivity index (χ0) is 27.5. The molecule has 0 saturated heterocycles. The van der Waals surface area contributed by atoms with Gasteiger partial charge in [-0.05, 0) is 0 Å². The van der Waals surface area contributed by atoms with Gasteiger partial charge < -0.3 is 5.11 Å². The SMILES string of the molecule is CN(CCO)S(=O)(=O)C(F)(F)C(F)(F)C(F)(F)C(F)(F)C(F)(F)C(F)(C(F)(F)F)C(F)(F)F. The number of likely N-dealkylation sites (N-methyl/N-ethyl adjacent to an activating group) is 1. The molecule has 0 saturated carbocycles. The van der Waals surface area contributed by atoms with Crippen LogP contribution >= 0.6 is 0 Å². The molecular formula is C11H8F17NO3S. The molecule has 0 aromatic heterocycles. The van der Waals surface area contributed by atoms with Crippen molar-refractivity contribution in [3.63, 3.8) is 0 Å². The minimum atomic E-state index is -8.97. The molecule has 0 heterocycles. The van der Waals surface area contributed by atoms with Crippen molar-refractivity contribution in [1.82, 2.24) is 4.31 Å². The minimum Gasteiger partial charge on any atom is -0.395 e. The largest absolute Gasteiger partial charge is 0.438 e. The molecule has 0 rings (SSSR count). The molecule has 0 aromatic rings. The summed E-state index contributed by atoms with van der Waals surface area (Å²) in [6.45, 7) is -3.18. The predicted molar refractivity (Wildman–Crippen MR) is 69.3 cm³/mol. The molecule has 0 spiro atoms. The molecular weight excluding hydrogens is 549 g/mol. The Morgan fingerprint density at radius 2 is 0.909 bits per heavy atom. The van der Waals surface area contributed by atoms with Gasteiger partial charge in [0.05, 0.1) is 6.61 Å². The molecule has 22 heteroatoms. The highest BCUT2D eigenvalue weighted by atomic mass is 32.2. The summed E-state index contributed by atoms with van der Waals surface area (Å²) in [6.07, 6.45) is -16.5. The van der Waals surface area contributed by atoms with Crippen molar-refractivity contribution < 1.29 is 88.2 Å². The maximum Gasteiger partial charge on any atom is 0.438 e. The van der Waals surface area contributed by atoms with E-state index in [0.29, 0.717) is 0 Å². The zero-order valence-corrected chi connectivity index (χ0v) is 15.8. The highest BCUT2D eigenvalue weighted by Crippen LogP contribution is 2.65. The lowest BCUT2D eigenvalue weighted by Crippen LogP contribution is -2.77. The number of hydrogen-bond acceptors (Lipinski definition) is 3. The number of hydrogen-bond donors (Lipinski definition) is 1. The molecule has 0 aromatic carbocycles. The maximum atomic E-state index is 13.7. The topological polar surface area (TPSA) is 57.6 Å². The summed E-state index contributed by atoms with van der Waals surface area (Å²) in [6, 6.07) is 0. The molecule has 0 aliphatic heterocycles. The van der Waals surface area contributed by atoms with E-state index in [-0.39, 0.29) is 7.05 Å². The van der Waals surface area contributed by atoms with Crippen molar-refractivity contribution in [2.45, 2.75) is 47.0 Å². The molecule has 0 fully saturated rings. The van der Waals surface area contributed by atoms with E-state index >= 15 is 0 Å². The third-order valence-corrected chi connectivity index (χ3v) is 5.82. The van der Waals surface area contributed by atoms with Crippen molar-refractivity contribution in [3.8, 4) is 0 Å². The van der Waals surface area contributed by atoms with Crippen LogP contribution in [0.4, 0.5) is 74.6 Å². The van der Waals surface area contributed by atoms with Gasteiger partial charge in [0.15, 0.2) is 0 Å². The van der Waals surface area contributed by atoms with Crippen LogP contribution in [-0.2, 0) is 10.0 Å². The lowest BCUT2D eigenvalue weighted by molar-refractivity contribution is -0.462. The Balaban J connectivity index is 7.14. The summed E-state index contributed by atoms with van der Waals surface area (Å²) in [5, 5.41) is 0.709. The van der Waals surface area contributed by atoms with Gasteiger partial charge in [0.25, 0.3) is 10.0 Å². The van der Waals surface area contributed by atoms with Crippen LogP contribution in [0.3, 0.4) is 0 Å². The van der Waals surface area contributed by atoms with Gasteiger partial charge in [-0.1, -0.05) is 0 Å². The second kappa shape index (κ2) is 8.12. The van der Waals surface area contributed by atoms with Crippen molar-refractivity contribution in [3.05, 3.63) is 0 Å². The number of aliphatic hydroxyl groups is 1. The first-order valence-electron chi connectivity index (χ1n) is 7.26. The quantitative estimate of drug-likeness (QED) is 0.433. The lowest BCUT2D eigenvalue weighted by atomic mass is 9.86. The Morgan fingerprint density at radius 1 is 0.606 bits per heavy atom. The molecule has 200 valence electrons. The highest BCUT2D eigenvalue weighted by Gasteiger charge is 2.98. The Labute approximate surface area is 171 Å². The van der Waals surface area contributed by atoms with Crippen LogP contribution in [-0.4, -0.2) is 85.0 Å². The van der Waals surface area contributed by atoms with Crippen LogP contribution in [0.15, 0.2) is 0 Å². The van der Waals surface area contributed by atoms with E-state index in [1.54, 1.807) is 0 Å². The summed E-state index contributed by atoms with van der Waals surface area (Å²) in [5.41, 5.74) is -8.71. The summed E-state index contributed by atoms with van der Waals surface area (Å²) in [4.78, 5) is 0. The van der Waals surface area contributed by atoms with Gasteiger partial charge in [-0.15, -0.1) is 0 Å². The second-order valence-electron chi connectivity index (χ2n) is 6.02. The van der Waals surface area contributed by atoms with Crippen molar-refractivity contribution in [2.24, 2.45) is 0 Å². The van der Waals surface area contributed by atoms with Crippen LogP contribution in [0.2, 0.25) is 0 Å². The average molecular weight is 557 g/mol. The molecule has 0 aliphatic rings. The highest BCUT2D eigenvalue weighted by molar-refractivity contribution is 7.90. The Bertz CT molecular complexity index is 801. The fraction of sp³-hybridized carbons (Fsp3) is 1.00. The van der Waals surface area contributed by atoms with E-state index in [0.717, 1.165) is 0 Å². The molecule has 4 nitrogen and oxygen atoms in total. The predicted octanol–water partition coefficient (Wildman–Crippen LogP) is 4.21. The lowest BCUT2D eigenvalue weighted by Gasteiger charge is -2.44. The van der Waals surface area contributed by atoms with E-state index in [1.807, 2.05) is 0 Å². The van der Waals surface area contributed by atoms with Crippen molar-refractivity contribution in [2.75, 3.05) is 20.2 Å². The first-order chi connectivity index (χ1) is 14.0. The fourth-order valence-corrected chi connectivity index (χ4v) is 3.09. The van der Waals surface area contributed by atoms with Gasteiger partial charge in [0, 0.05) is 13.6 Å².